The van der Waals surface area contributed by atoms with E-state index in [1.54, 1.807) is 14.2 Å². The van der Waals surface area contributed by atoms with E-state index >= 15 is 0 Å². The molecule has 0 radical (unpaired) electrons. The Kier molecular flexibility index (Phi) is 7.02. The number of hydrogen-bond donors (Lipinski definition) is 2. The molecule has 4 heteroatoms. The van der Waals surface area contributed by atoms with E-state index in [1.165, 1.54) is 11.1 Å². The minimum atomic E-state index is -0.730. The third kappa shape index (κ3) is 6.68. The fraction of sp³-hybridized carbons (Fsp3) is 0.600. The lowest BCUT2D eigenvalue weighted by Gasteiger charge is -2.23. The molecule has 108 valence electrons. The van der Waals surface area contributed by atoms with Crippen molar-refractivity contribution in [3.05, 3.63) is 35.4 Å². The molecular formula is C15H25NO3. The topological polar surface area (TPSA) is 50.7 Å². The first kappa shape index (κ1) is 16.1. The summed E-state index contributed by atoms with van der Waals surface area (Å²) in [5.74, 6) is 0. The number of aliphatic hydroxyl groups is 1. The van der Waals surface area contributed by atoms with Crippen molar-refractivity contribution in [1.29, 1.82) is 0 Å². The Labute approximate surface area is 115 Å². The van der Waals surface area contributed by atoms with Crippen LogP contribution in [0.4, 0.5) is 0 Å². The molecule has 1 rings (SSSR count). The molecule has 0 amide bonds. The quantitative estimate of drug-likeness (QED) is 0.715. The van der Waals surface area contributed by atoms with Crippen molar-refractivity contribution in [1.82, 2.24) is 5.32 Å². The minimum absolute atomic E-state index is 0.552. The monoisotopic (exact) mass is 267 g/mol. The van der Waals surface area contributed by atoms with Crippen molar-refractivity contribution in [2.75, 3.05) is 27.4 Å². The van der Waals surface area contributed by atoms with Crippen LogP contribution < -0.4 is 5.32 Å². The van der Waals surface area contributed by atoms with Gasteiger partial charge in [-0.3, -0.25) is 0 Å². The molecule has 0 saturated carbocycles. The Bertz CT molecular complexity index is 349. The summed E-state index contributed by atoms with van der Waals surface area (Å²) < 4.78 is 10.0. The summed E-state index contributed by atoms with van der Waals surface area (Å²) in [6, 6.07) is 8.27. The van der Waals surface area contributed by atoms with Gasteiger partial charge in [-0.1, -0.05) is 24.3 Å². The molecule has 0 spiro atoms. The lowest BCUT2D eigenvalue weighted by atomic mass is 10.0. The first-order valence-corrected chi connectivity index (χ1v) is 6.56. The summed E-state index contributed by atoms with van der Waals surface area (Å²) >= 11 is 0. The fourth-order valence-electron chi connectivity index (χ4n) is 1.81. The van der Waals surface area contributed by atoms with Crippen LogP contribution in [0.2, 0.25) is 0 Å². The third-order valence-electron chi connectivity index (χ3n) is 3.01. The van der Waals surface area contributed by atoms with Gasteiger partial charge < -0.3 is 19.9 Å². The molecule has 1 aromatic carbocycles. The Morgan fingerprint density at radius 2 is 1.74 bits per heavy atom. The van der Waals surface area contributed by atoms with E-state index in [0.717, 1.165) is 6.54 Å². The van der Waals surface area contributed by atoms with Crippen molar-refractivity contribution in [2.45, 2.75) is 32.1 Å². The second kappa shape index (κ2) is 8.27. The molecule has 2 N–H and O–H groups in total. The first-order chi connectivity index (χ1) is 9.07. The number of methoxy groups -OCH3 is 2. The van der Waals surface area contributed by atoms with Gasteiger partial charge in [-0.2, -0.15) is 0 Å². The molecule has 4 nitrogen and oxygen atoms in total. The highest BCUT2D eigenvalue weighted by Crippen LogP contribution is 2.09. The second-order valence-electron chi connectivity index (χ2n) is 5.09. The first-order valence-electron chi connectivity index (χ1n) is 6.56. The van der Waals surface area contributed by atoms with Gasteiger partial charge >= 0.3 is 0 Å². The summed E-state index contributed by atoms with van der Waals surface area (Å²) in [6.45, 7) is 4.33. The van der Waals surface area contributed by atoms with E-state index in [2.05, 4.69) is 29.6 Å². The SMILES string of the molecule is COCCC(C)(O)CNCc1ccc(COC)cc1. The molecule has 0 aromatic heterocycles. The van der Waals surface area contributed by atoms with Crippen molar-refractivity contribution in [2.24, 2.45) is 0 Å². The molecule has 1 unspecified atom stereocenters. The number of rotatable bonds is 9. The Morgan fingerprint density at radius 1 is 1.11 bits per heavy atom. The molecule has 0 aliphatic heterocycles. The third-order valence-corrected chi connectivity index (χ3v) is 3.01. The van der Waals surface area contributed by atoms with E-state index < -0.39 is 5.60 Å². The van der Waals surface area contributed by atoms with E-state index in [4.69, 9.17) is 9.47 Å². The zero-order valence-corrected chi connectivity index (χ0v) is 12.1. The Balaban J connectivity index is 2.32. The molecule has 1 atom stereocenters. The van der Waals surface area contributed by atoms with Crippen molar-refractivity contribution < 1.29 is 14.6 Å². The summed E-state index contributed by atoms with van der Waals surface area (Å²) in [4.78, 5) is 0. The summed E-state index contributed by atoms with van der Waals surface area (Å²) in [5.41, 5.74) is 1.63. The largest absolute Gasteiger partial charge is 0.389 e. The molecule has 0 bridgehead atoms. The van der Waals surface area contributed by atoms with Crippen molar-refractivity contribution in [3.63, 3.8) is 0 Å². The second-order valence-corrected chi connectivity index (χ2v) is 5.09. The highest BCUT2D eigenvalue weighted by molar-refractivity contribution is 5.21. The lowest BCUT2D eigenvalue weighted by Crippen LogP contribution is -2.38. The molecule has 0 fully saturated rings. The highest BCUT2D eigenvalue weighted by Gasteiger charge is 2.18. The van der Waals surface area contributed by atoms with Gasteiger partial charge in [-0.25, -0.2) is 0 Å². The van der Waals surface area contributed by atoms with Crippen LogP contribution in [0.15, 0.2) is 24.3 Å². The van der Waals surface area contributed by atoms with E-state index in [9.17, 15) is 5.11 Å². The van der Waals surface area contributed by atoms with Gasteiger partial charge in [0, 0.05) is 40.3 Å². The molecule has 19 heavy (non-hydrogen) atoms. The zero-order chi connectivity index (χ0) is 14.1. The summed E-state index contributed by atoms with van der Waals surface area (Å²) in [5, 5.41) is 13.3. The van der Waals surface area contributed by atoms with Crippen molar-refractivity contribution in [3.8, 4) is 0 Å². The van der Waals surface area contributed by atoms with Crippen molar-refractivity contribution >= 4 is 0 Å². The van der Waals surface area contributed by atoms with Crippen LogP contribution in [-0.2, 0) is 22.6 Å². The molecular weight excluding hydrogens is 242 g/mol. The van der Waals surface area contributed by atoms with Crippen LogP contribution >= 0.6 is 0 Å². The van der Waals surface area contributed by atoms with Crippen LogP contribution in [0.3, 0.4) is 0 Å². The average molecular weight is 267 g/mol. The van der Waals surface area contributed by atoms with Gasteiger partial charge in [0.05, 0.1) is 12.2 Å². The predicted molar refractivity (Wildman–Crippen MR) is 76.0 cm³/mol. The standard InChI is InChI=1S/C15H25NO3/c1-15(17,8-9-18-2)12-16-10-13-4-6-14(7-5-13)11-19-3/h4-7,16-17H,8-12H2,1-3H3. The maximum Gasteiger partial charge on any atom is 0.0765 e. The average Bonchev–Trinajstić information content (AvgIpc) is 2.39. The normalized spacial score (nSPS) is 14.3. The van der Waals surface area contributed by atoms with Gasteiger partial charge in [0.1, 0.15) is 0 Å². The Hall–Kier alpha value is -0.940. The van der Waals surface area contributed by atoms with Crippen LogP contribution in [0.1, 0.15) is 24.5 Å². The number of hydrogen-bond acceptors (Lipinski definition) is 4. The smallest absolute Gasteiger partial charge is 0.0765 e. The number of nitrogens with one attached hydrogen (secondary N) is 1. The van der Waals surface area contributed by atoms with E-state index in [-0.39, 0.29) is 0 Å². The molecule has 0 aliphatic rings. The van der Waals surface area contributed by atoms with E-state index in [1.807, 2.05) is 6.92 Å². The number of ether oxygens (including phenoxy) is 2. The van der Waals surface area contributed by atoms with E-state index in [0.29, 0.717) is 26.2 Å². The fourth-order valence-corrected chi connectivity index (χ4v) is 1.81. The van der Waals surface area contributed by atoms with Crippen LogP contribution in [0.5, 0.6) is 0 Å². The molecule has 0 aliphatic carbocycles. The Morgan fingerprint density at radius 3 is 2.32 bits per heavy atom. The highest BCUT2D eigenvalue weighted by atomic mass is 16.5. The molecule has 0 heterocycles. The van der Waals surface area contributed by atoms with Crippen LogP contribution in [-0.4, -0.2) is 38.1 Å². The molecule has 1 aromatic rings. The number of benzene rings is 1. The predicted octanol–water partition coefficient (Wildman–Crippen LogP) is 1.71. The minimum Gasteiger partial charge on any atom is -0.389 e. The van der Waals surface area contributed by atoms with Crippen LogP contribution in [0, 0.1) is 0 Å². The maximum atomic E-state index is 10.1. The van der Waals surface area contributed by atoms with Gasteiger partial charge in [0.25, 0.3) is 0 Å². The van der Waals surface area contributed by atoms with Crippen LogP contribution in [0.25, 0.3) is 0 Å². The van der Waals surface area contributed by atoms with Gasteiger partial charge in [0.15, 0.2) is 0 Å². The lowest BCUT2D eigenvalue weighted by molar-refractivity contribution is 0.0247. The van der Waals surface area contributed by atoms with Gasteiger partial charge in [-0.05, 0) is 18.1 Å². The summed E-state index contributed by atoms with van der Waals surface area (Å²) in [6.07, 6.45) is 0.628. The van der Waals surface area contributed by atoms with Gasteiger partial charge in [0.2, 0.25) is 0 Å². The maximum absolute atomic E-state index is 10.1. The molecule has 0 saturated heterocycles. The zero-order valence-electron chi connectivity index (χ0n) is 12.1. The van der Waals surface area contributed by atoms with Gasteiger partial charge in [-0.15, -0.1) is 0 Å². The summed E-state index contributed by atoms with van der Waals surface area (Å²) in [7, 11) is 3.34.